The maximum atomic E-state index is 5.91. The van der Waals surface area contributed by atoms with Crippen LogP contribution in [-0.2, 0) is 6.42 Å². The smallest absolute Gasteiger partial charge is 0.134 e. The van der Waals surface area contributed by atoms with Gasteiger partial charge in [-0.2, -0.15) is 11.8 Å². The summed E-state index contributed by atoms with van der Waals surface area (Å²) in [5.74, 6) is 3.55. The Morgan fingerprint density at radius 3 is 2.72 bits per heavy atom. The van der Waals surface area contributed by atoms with Gasteiger partial charge in [-0.15, -0.1) is 0 Å². The fourth-order valence-electron chi connectivity index (χ4n) is 1.67. The molecule has 0 aliphatic rings. The van der Waals surface area contributed by atoms with E-state index in [2.05, 4.69) is 28.5 Å². The molecule has 0 aliphatic carbocycles. The monoisotopic (exact) mass is 268 g/mol. The predicted octanol–water partition coefficient (Wildman–Crippen LogP) is 2.87. The van der Waals surface area contributed by atoms with Crippen LogP contribution >= 0.6 is 11.8 Å². The Hall–Kier alpha value is -0.970. The van der Waals surface area contributed by atoms with Gasteiger partial charge in [0.1, 0.15) is 17.5 Å². The zero-order valence-corrected chi connectivity index (χ0v) is 12.4. The summed E-state index contributed by atoms with van der Waals surface area (Å²) < 4.78 is 0. The van der Waals surface area contributed by atoms with Gasteiger partial charge in [-0.05, 0) is 38.2 Å². The molecule has 5 heteroatoms. The quantitative estimate of drug-likeness (QED) is 0.710. The van der Waals surface area contributed by atoms with Gasteiger partial charge >= 0.3 is 0 Å². The molecule has 0 aliphatic heterocycles. The molecule has 0 amide bonds. The van der Waals surface area contributed by atoms with Gasteiger partial charge in [-0.1, -0.05) is 6.92 Å². The summed E-state index contributed by atoms with van der Waals surface area (Å²) in [5, 5.41) is 3.37. The molecule has 102 valence electrons. The van der Waals surface area contributed by atoms with Crippen molar-refractivity contribution in [2.24, 2.45) is 0 Å². The van der Waals surface area contributed by atoms with Gasteiger partial charge in [0.25, 0.3) is 0 Å². The number of unbranched alkanes of at least 4 members (excludes halogenated alkanes) is 1. The highest BCUT2D eigenvalue weighted by molar-refractivity contribution is 7.98. The van der Waals surface area contributed by atoms with Gasteiger partial charge in [-0.25, -0.2) is 9.97 Å². The van der Waals surface area contributed by atoms with Gasteiger partial charge < -0.3 is 11.1 Å². The van der Waals surface area contributed by atoms with Crippen LogP contribution in [0.2, 0.25) is 0 Å². The average Bonchev–Trinajstić information content (AvgIpc) is 2.35. The summed E-state index contributed by atoms with van der Waals surface area (Å²) in [6, 6.07) is 0. The Kier molecular flexibility index (Phi) is 6.86. The van der Waals surface area contributed by atoms with Crippen LogP contribution in [0, 0.1) is 6.92 Å². The molecule has 0 saturated carbocycles. The fourth-order valence-corrected chi connectivity index (χ4v) is 2.16. The minimum Gasteiger partial charge on any atom is -0.383 e. The van der Waals surface area contributed by atoms with Gasteiger partial charge in [0.2, 0.25) is 0 Å². The molecular formula is C13H24N4S. The summed E-state index contributed by atoms with van der Waals surface area (Å²) in [6.07, 6.45) is 6.45. The second kappa shape index (κ2) is 8.19. The van der Waals surface area contributed by atoms with Gasteiger partial charge in [0.05, 0.1) is 0 Å². The molecule has 1 aromatic rings. The molecule has 1 heterocycles. The van der Waals surface area contributed by atoms with E-state index in [1.54, 1.807) is 0 Å². The number of rotatable bonds is 8. The van der Waals surface area contributed by atoms with E-state index >= 15 is 0 Å². The van der Waals surface area contributed by atoms with Crippen LogP contribution in [0.4, 0.5) is 11.6 Å². The summed E-state index contributed by atoms with van der Waals surface area (Å²) in [7, 11) is 0. The Morgan fingerprint density at radius 1 is 1.28 bits per heavy atom. The number of nitrogens with zero attached hydrogens (tertiary/aromatic N) is 2. The van der Waals surface area contributed by atoms with Crippen molar-refractivity contribution in [1.82, 2.24) is 9.97 Å². The molecule has 3 N–H and O–H groups in total. The van der Waals surface area contributed by atoms with Crippen molar-refractivity contribution in [3.05, 3.63) is 11.4 Å². The lowest BCUT2D eigenvalue weighted by atomic mass is 10.2. The summed E-state index contributed by atoms with van der Waals surface area (Å²) in [5.41, 5.74) is 6.87. The van der Waals surface area contributed by atoms with E-state index in [-0.39, 0.29) is 0 Å². The molecule has 0 saturated heterocycles. The second-order valence-electron chi connectivity index (χ2n) is 4.38. The molecule has 0 unspecified atom stereocenters. The third-order valence-electron chi connectivity index (χ3n) is 2.77. The van der Waals surface area contributed by atoms with Crippen LogP contribution in [0.25, 0.3) is 0 Å². The van der Waals surface area contributed by atoms with Crippen molar-refractivity contribution in [2.75, 3.05) is 29.6 Å². The number of anilines is 2. The Labute approximate surface area is 114 Å². The lowest BCUT2D eigenvalue weighted by molar-refractivity contribution is 0.816. The van der Waals surface area contributed by atoms with Crippen molar-refractivity contribution >= 4 is 23.4 Å². The lowest BCUT2D eigenvalue weighted by Gasteiger charge is -2.11. The van der Waals surface area contributed by atoms with Crippen molar-refractivity contribution in [1.29, 1.82) is 0 Å². The molecule has 1 rings (SSSR count). The van der Waals surface area contributed by atoms with E-state index in [1.807, 2.05) is 18.7 Å². The number of nitrogen functional groups attached to an aromatic ring is 1. The van der Waals surface area contributed by atoms with E-state index < -0.39 is 0 Å². The third-order valence-corrected chi connectivity index (χ3v) is 3.47. The van der Waals surface area contributed by atoms with Crippen molar-refractivity contribution in [3.8, 4) is 0 Å². The molecule has 4 nitrogen and oxygen atoms in total. The zero-order valence-electron chi connectivity index (χ0n) is 11.6. The van der Waals surface area contributed by atoms with Gasteiger partial charge in [0, 0.05) is 18.5 Å². The van der Waals surface area contributed by atoms with E-state index in [4.69, 9.17) is 5.73 Å². The SMILES string of the molecule is CCCc1nc(N)c(C)c(NCCCCSC)n1. The Balaban J connectivity index is 2.57. The molecule has 0 spiro atoms. The van der Waals surface area contributed by atoms with Crippen LogP contribution < -0.4 is 11.1 Å². The summed E-state index contributed by atoms with van der Waals surface area (Å²) in [6.45, 7) is 5.04. The normalized spacial score (nSPS) is 10.6. The number of nitrogens with two attached hydrogens (primary N) is 1. The second-order valence-corrected chi connectivity index (χ2v) is 5.36. The van der Waals surface area contributed by atoms with E-state index in [9.17, 15) is 0 Å². The minimum atomic E-state index is 0.597. The topological polar surface area (TPSA) is 63.8 Å². The van der Waals surface area contributed by atoms with Crippen LogP contribution in [0.5, 0.6) is 0 Å². The number of aromatic nitrogens is 2. The van der Waals surface area contributed by atoms with E-state index in [0.717, 1.165) is 43.0 Å². The highest BCUT2D eigenvalue weighted by Crippen LogP contribution is 2.17. The van der Waals surface area contributed by atoms with Crippen molar-refractivity contribution in [3.63, 3.8) is 0 Å². The Morgan fingerprint density at radius 2 is 2.06 bits per heavy atom. The first-order valence-electron chi connectivity index (χ1n) is 6.54. The number of hydrogen-bond acceptors (Lipinski definition) is 5. The van der Waals surface area contributed by atoms with E-state index in [1.165, 1.54) is 12.2 Å². The molecule has 0 fully saturated rings. The number of aryl methyl sites for hydroxylation is 1. The van der Waals surface area contributed by atoms with Crippen molar-refractivity contribution in [2.45, 2.75) is 39.5 Å². The van der Waals surface area contributed by atoms with Crippen LogP contribution in [0.15, 0.2) is 0 Å². The molecule has 18 heavy (non-hydrogen) atoms. The molecular weight excluding hydrogens is 244 g/mol. The fraction of sp³-hybridized carbons (Fsp3) is 0.692. The largest absolute Gasteiger partial charge is 0.383 e. The van der Waals surface area contributed by atoms with Crippen molar-refractivity contribution < 1.29 is 0 Å². The third kappa shape index (κ3) is 4.72. The number of hydrogen-bond donors (Lipinski definition) is 2. The first kappa shape index (κ1) is 15.1. The van der Waals surface area contributed by atoms with Crippen LogP contribution in [0.1, 0.15) is 37.6 Å². The first-order valence-corrected chi connectivity index (χ1v) is 7.94. The lowest BCUT2D eigenvalue weighted by Crippen LogP contribution is -2.10. The van der Waals surface area contributed by atoms with E-state index in [0.29, 0.717) is 5.82 Å². The Bertz CT molecular complexity index is 368. The highest BCUT2D eigenvalue weighted by Gasteiger charge is 2.07. The zero-order chi connectivity index (χ0) is 13.4. The molecule has 0 radical (unpaired) electrons. The van der Waals surface area contributed by atoms with Crippen LogP contribution in [-0.4, -0.2) is 28.5 Å². The summed E-state index contributed by atoms with van der Waals surface area (Å²) in [4.78, 5) is 8.84. The molecule has 1 aromatic heterocycles. The summed E-state index contributed by atoms with van der Waals surface area (Å²) >= 11 is 1.89. The minimum absolute atomic E-state index is 0.597. The van der Waals surface area contributed by atoms with Crippen LogP contribution in [0.3, 0.4) is 0 Å². The molecule has 0 aromatic carbocycles. The predicted molar refractivity (Wildman–Crippen MR) is 81.3 cm³/mol. The number of thioether (sulfide) groups is 1. The van der Waals surface area contributed by atoms with Gasteiger partial charge in [-0.3, -0.25) is 0 Å². The molecule has 0 bridgehead atoms. The maximum absolute atomic E-state index is 5.91. The molecule has 0 atom stereocenters. The highest BCUT2D eigenvalue weighted by atomic mass is 32.2. The average molecular weight is 268 g/mol. The standard InChI is InChI=1S/C13H24N4S/c1-4-7-11-16-12(14)10(2)13(17-11)15-8-5-6-9-18-3/h4-9H2,1-3H3,(H3,14,15,16,17). The maximum Gasteiger partial charge on any atom is 0.134 e. The number of nitrogens with one attached hydrogen (secondary N) is 1. The first-order chi connectivity index (χ1) is 8.69. The van der Waals surface area contributed by atoms with Gasteiger partial charge in [0.15, 0.2) is 0 Å².